The zero-order valence-corrected chi connectivity index (χ0v) is 22.6. The number of hydrogen-bond acceptors (Lipinski definition) is 4. The number of nitrogens with zero attached hydrogens (tertiary/aromatic N) is 2. The fourth-order valence-electron chi connectivity index (χ4n) is 4.75. The first kappa shape index (κ1) is 27.2. The van der Waals surface area contributed by atoms with Crippen molar-refractivity contribution >= 4 is 27.5 Å². The summed E-state index contributed by atoms with van der Waals surface area (Å²) in [6.45, 7) is 1.42. The Balaban J connectivity index is 1.52. The zero-order valence-electron chi connectivity index (χ0n) is 21.1. The molecule has 4 rings (SSSR count). The summed E-state index contributed by atoms with van der Waals surface area (Å²) in [5, 5.41) is 0.564. The van der Waals surface area contributed by atoms with E-state index in [0.29, 0.717) is 42.3 Å². The van der Waals surface area contributed by atoms with Gasteiger partial charge in [-0.15, -0.1) is 0 Å². The minimum absolute atomic E-state index is 0.0301. The quantitative estimate of drug-likeness (QED) is 0.346. The van der Waals surface area contributed by atoms with Gasteiger partial charge in [0.1, 0.15) is 5.75 Å². The number of piperidine rings is 1. The molecule has 0 aliphatic carbocycles. The molecule has 1 fully saturated rings. The number of benzene rings is 3. The lowest BCUT2D eigenvalue weighted by molar-refractivity contribution is -0.134. The molecule has 0 bridgehead atoms. The lowest BCUT2D eigenvalue weighted by Gasteiger charge is -2.42. The van der Waals surface area contributed by atoms with Crippen molar-refractivity contribution in [3.63, 3.8) is 0 Å². The van der Waals surface area contributed by atoms with Gasteiger partial charge in [-0.2, -0.15) is 0 Å². The molecule has 196 valence electrons. The molecule has 0 radical (unpaired) electrons. The lowest BCUT2D eigenvalue weighted by Crippen LogP contribution is -2.50. The Labute approximate surface area is 224 Å². The summed E-state index contributed by atoms with van der Waals surface area (Å²) in [4.78, 5) is 15.1. The van der Waals surface area contributed by atoms with Gasteiger partial charge in [-0.05, 0) is 48.2 Å². The Hall–Kier alpha value is -2.87. The second-order valence-corrected chi connectivity index (χ2v) is 12.2. The Bertz CT molecular complexity index is 1270. The van der Waals surface area contributed by atoms with E-state index in [9.17, 15) is 13.2 Å². The molecule has 8 heteroatoms. The molecule has 0 unspecified atom stereocenters. The van der Waals surface area contributed by atoms with Gasteiger partial charge in [0.05, 0.1) is 12.4 Å². The molecule has 1 amide bonds. The van der Waals surface area contributed by atoms with E-state index in [-0.39, 0.29) is 31.2 Å². The maximum Gasteiger partial charge on any atom is 0.223 e. The number of halogens is 1. The molecular weight excluding hydrogens is 508 g/mol. The second kappa shape index (κ2) is 12.1. The molecule has 1 aliphatic heterocycles. The van der Waals surface area contributed by atoms with Crippen molar-refractivity contribution < 1.29 is 17.9 Å². The topological polar surface area (TPSA) is 66.9 Å². The third-order valence-corrected chi connectivity index (χ3v) is 8.83. The first-order valence-electron chi connectivity index (χ1n) is 12.4. The number of carbonyl (C=O) groups is 1. The number of carbonyl (C=O) groups excluding carboxylic acids is 1. The highest BCUT2D eigenvalue weighted by atomic mass is 35.5. The minimum atomic E-state index is -3.60. The van der Waals surface area contributed by atoms with Crippen LogP contribution in [0.5, 0.6) is 5.75 Å². The Morgan fingerprint density at radius 3 is 2.30 bits per heavy atom. The molecule has 0 N–H and O–H groups in total. The van der Waals surface area contributed by atoms with E-state index < -0.39 is 15.4 Å². The van der Waals surface area contributed by atoms with Gasteiger partial charge >= 0.3 is 0 Å². The van der Waals surface area contributed by atoms with E-state index in [1.807, 2.05) is 60.7 Å². The van der Waals surface area contributed by atoms with Crippen LogP contribution >= 0.6 is 11.6 Å². The average molecular weight is 541 g/mol. The number of rotatable bonds is 10. The van der Waals surface area contributed by atoms with Crippen LogP contribution in [0.2, 0.25) is 5.02 Å². The van der Waals surface area contributed by atoms with Gasteiger partial charge in [-0.25, -0.2) is 12.7 Å². The molecule has 1 saturated heterocycles. The van der Waals surface area contributed by atoms with Crippen LogP contribution in [-0.2, 0) is 27.1 Å². The van der Waals surface area contributed by atoms with Crippen LogP contribution in [0.4, 0.5) is 0 Å². The molecule has 0 aromatic heterocycles. The third-order valence-electron chi connectivity index (χ3n) is 6.78. The second-order valence-electron chi connectivity index (χ2n) is 9.83. The van der Waals surface area contributed by atoms with Crippen LogP contribution in [0.3, 0.4) is 0 Å². The zero-order chi connectivity index (χ0) is 26.3. The first-order chi connectivity index (χ1) is 17.7. The summed E-state index contributed by atoms with van der Waals surface area (Å²) in [6.07, 6.45) is 1.57. The van der Waals surface area contributed by atoms with E-state index in [4.69, 9.17) is 16.3 Å². The van der Waals surface area contributed by atoms with Crippen molar-refractivity contribution in [3.05, 3.63) is 101 Å². The van der Waals surface area contributed by atoms with E-state index >= 15 is 0 Å². The van der Waals surface area contributed by atoms with Gasteiger partial charge in [0.15, 0.2) is 0 Å². The van der Waals surface area contributed by atoms with E-state index in [1.54, 1.807) is 36.2 Å². The van der Waals surface area contributed by atoms with Crippen molar-refractivity contribution in [2.24, 2.45) is 5.41 Å². The highest BCUT2D eigenvalue weighted by Crippen LogP contribution is 2.37. The summed E-state index contributed by atoms with van der Waals surface area (Å²) in [6, 6.07) is 26.1. The normalized spacial score (nSPS) is 18.3. The summed E-state index contributed by atoms with van der Waals surface area (Å²) >= 11 is 5.97. The van der Waals surface area contributed by atoms with Crippen LogP contribution in [-0.4, -0.2) is 50.3 Å². The fraction of sp³-hybridized carbons (Fsp3) is 0.345. The number of amides is 1. The van der Waals surface area contributed by atoms with E-state index in [0.717, 1.165) is 5.56 Å². The monoisotopic (exact) mass is 540 g/mol. The molecular formula is C29H33ClN2O4S. The van der Waals surface area contributed by atoms with Gasteiger partial charge < -0.3 is 9.64 Å². The molecule has 37 heavy (non-hydrogen) atoms. The Kier molecular flexibility index (Phi) is 8.90. The SMILES string of the molecule is CN(Cc1ccccc1)C(=O)C[C@@]1(COc2ccccc2)CCCN(S(=O)(=O)Cc2ccc(Cl)cc2)C1. The van der Waals surface area contributed by atoms with E-state index in [2.05, 4.69) is 0 Å². The lowest BCUT2D eigenvalue weighted by atomic mass is 9.78. The fourth-order valence-corrected chi connectivity index (χ4v) is 6.55. The number of para-hydroxylation sites is 1. The van der Waals surface area contributed by atoms with E-state index in [1.165, 1.54) is 4.31 Å². The van der Waals surface area contributed by atoms with Crippen molar-refractivity contribution in [1.29, 1.82) is 0 Å². The standard InChI is InChI=1S/C29H33ClN2O4S/c1-31(20-24-9-4-2-5-10-24)28(33)19-29(23-36-27-11-6-3-7-12-27)17-8-18-32(22-29)37(34,35)21-25-13-15-26(30)16-14-25/h2-7,9-16H,8,17-23H2,1H3/t29-/m0/s1. The van der Waals surface area contributed by atoms with Gasteiger partial charge in [0.2, 0.25) is 15.9 Å². The van der Waals surface area contributed by atoms with Crippen molar-refractivity contribution in [3.8, 4) is 5.75 Å². The van der Waals surface area contributed by atoms with Crippen molar-refractivity contribution in [2.45, 2.75) is 31.6 Å². The molecule has 3 aromatic carbocycles. The first-order valence-corrected chi connectivity index (χ1v) is 14.4. The van der Waals surface area contributed by atoms with Gasteiger partial charge in [0, 0.05) is 43.5 Å². The largest absolute Gasteiger partial charge is 0.493 e. The van der Waals surface area contributed by atoms with Gasteiger partial charge in [0.25, 0.3) is 0 Å². The number of hydrogen-bond donors (Lipinski definition) is 0. The molecule has 1 atom stereocenters. The molecule has 6 nitrogen and oxygen atoms in total. The average Bonchev–Trinajstić information content (AvgIpc) is 2.90. The van der Waals surface area contributed by atoms with Crippen LogP contribution in [0.1, 0.15) is 30.4 Å². The highest BCUT2D eigenvalue weighted by Gasteiger charge is 2.42. The molecule has 0 saturated carbocycles. The summed E-state index contributed by atoms with van der Waals surface area (Å²) in [7, 11) is -1.81. The van der Waals surface area contributed by atoms with Crippen LogP contribution in [0.15, 0.2) is 84.9 Å². The van der Waals surface area contributed by atoms with Crippen molar-refractivity contribution in [2.75, 3.05) is 26.7 Å². The molecule has 1 heterocycles. The van der Waals surface area contributed by atoms with Gasteiger partial charge in [-0.1, -0.05) is 72.3 Å². The molecule has 1 aliphatic rings. The predicted octanol–water partition coefficient (Wildman–Crippen LogP) is 5.38. The summed E-state index contributed by atoms with van der Waals surface area (Å²) in [5.41, 5.74) is 1.09. The maximum absolute atomic E-state index is 13.4. The summed E-state index contributed by atoms with van der Waals surface area (Å²) < 4.78 is 34.5. The minimum Gasteiger partial charge on any atom is -0.493 e. The molecule has 3 aromatic rings. The Morgan fingerprint density at radius 1 is 0.973 bits per heavy atom. The number of ether oxygens (including phenoxy) is 1. The Morgan fingerprint density at radius 2 is 1.62 bits per heavy atom. The maximum atomic E-state index is 13.4. The van der Waals surface area contributed by atoms with Crippen LogP contribution in [0.25, 0.3) is 0 Å². The number of sulfonamides is 1. The third kappa shape index (κ3) is 7.57. The van der Waals surface area contributed by atoms with Crippen LogP contribution in [0, 0.1) is 5.41 Å². The van der Waals surface area contributed by atoms with Crippen molar-refractivity contribution in [1.82, 2.24) is 9.21 Å². The summed E-state index contributed by atoms with van der Waals surface area (Å²) in [5.74, 6) is 0.562. The smallest absolute Gasteiger partial charge is 0.223 e. The van der Waals surface area contributed by atoms with Crippen LogP contribution < -0.4 is 4.74 Å². The highest BCUT2D eigenvalue weighted by molar-refractivity contribution is 7.88. The predicted molar refractivity (Wildman–Crippen MR) is 147 cm³/mol. The molecule has 0 spiro atoms. The van der Waals surface area contributed by atoms with Gasteiger partial charge in [-0.3, -0.25) is 4.79 Å².